The van der Waals surface area contributed by atoms with Crippen LogP contribution in [0.25, 0.3) is 0 Å². The largest absolute Gasteiger partial charge is 0.484 e. The van der Waals surface area contributed by atoms with Gasteiger partial charge in [-0.3, -0.25) is 9.69 Å². The van der Waals surface area contributed by atoms with Crippen molar-refractivity contribution in [3.8, 4) is 5.75 Å². The molecule has 1 fully saturated rings. The Morgan fingerprint density at radius 1 is 1.21 bits per heavy atom. The van der Waals surface area contributed by atoms with Crippen molar-refractivity contribution in [3.05, 3.63) is 53.5 Å². The molecule has 2 aromatic rings. The Labute approximate surface area is 166 Å². The summed E-state index contributed by atoms with van der Waals surface area (Å²) in [7, 11) is 0. The van der Waals surface area contributed by atoms with Crippen molar-refractivity contribution in [2.75, 3.05) is 39.5 Å². The van der Waals surface area contributed by atoms with Crippen molar-refractivity contribution in [1.29, 1.82) is 0 Å². The Morgan fingerprint density at radius 3 is 2.68 bits per heavy atom. The van der Waals surface area contributed by atoms with E-state index < -0.39 is 0 Å². The van der Waals surface area contributed by atoms with E-state index in [0.29, 0.717) is 31.4 Å². The van der Waals surface area contributed by atoms with Crippen molar-refractivity contribution in [2.45, 2.75) is 32.7 Å². The molecule has 0 saturated carbocycles. The molecule has 1 aromatic carbocycles. The Bertz CT molecular complexity index is 765. The van der Waals surface area contributed by atoms with Crippen LogP contribution in [0.1, 0.15) is 42.9 Å². The van der Waals surface area contributed by atoms with Crippen LogP contribution in [0, 0.1) is 6.92 Å². The third kappa shape index (κ3) is 5.59. The average molecular weight is 386 g/mol. The van der Waals surface area contributed by atoms with Crippen molar-refractivity contribution >= 4 is 5.91 Å². The summed E-state index contributed by atoms with van der Waals surface area (Å²) in [5.74, 6) is 2.73. The minimum atomic E-state index is -0.142. The molecule has 1 unspecified atom stereocenters. The number of ether oxygens (including phenoxy) is 2. The molecule has 3 rings (SSSR count). The molecule has 28 heavy (non-hydrogen) atoms. The van der Waals surface area contributed by atoms with Gasteiger partial charge in [0.05, 0.1) is 19.3 Å². The molecular formula is C22H30N2O4. The van der Waals surface area contributed by atoms with Gasteiger partial charge in [-0.1, -0.05) is 26.0 Å². The number of carbonyl (C=O) groups excluding carboxylic acids is 1. The zero-order valence-electron chi connectivity index (χ0n) is 16.9. The molecule has 1 saturated heterocycles. The monoisotopic (exact) mass is 386 g/mol. The lowest BCUT2D eigenvalue weighted by Crippen LogP contribution is -2.44. The second-order valence-corrected chi connectivity index (χ2v) is 7.43. The van der Waals surface area contributed by atoms with Crippen molar-refractivity contribution in [3.63, 3.8) is 0 Å². The number of nitrogens with one attached hydrogen (secondary N) is 1. The number of aryl methyl sites for hydroxylation is 1. The summed E-state index contributed by atoms with van der Waals surface area (Å²) in [5.41, 5.74) is 1.19. The van der Waals surface area contributed by atoms with Crippen LogP contribution in [0.5, 0.6) is 5.75 Å². The summed E-state index contributed by atoms with van der Waals surface area (Å²) in [5, 5.41) is 2.99. The highest BCUT2D eigenvalue weighted by Gasteiger charge is 2.25. The molecule has 0 radical (unpaired) electrons. The minimum absolute atomic E-state index is 0.00539. The molecule has 0 aliphatic carbocycles. The molecule has 6 heteroatoms. The molecule has 0 bridgehead atoms. The van der Waals surface area contributed by atoms with E-state index in [2.05, 4.69) is 30.1 Å². The van der Waals surface area contributed by atoms with Gasteiger partial charge in [0.1, 0.15) is 17.3 Å². The van der Waals surface area contributed by atoms with Gasteiger partial charge in [0, 0.05) is 19.6 Å². The summed E-state index contributed by atoms with van der Waals surface area (Å²) in [6.45, 7) is 9.69. The van der Waals surface area contributed by atoms with Crippen LogP contribution in [-0.4, -0.2) is 50.3 Å². The van der Waals surface area contributed by atoms with Gasteiger partial charge in [-0.25, -0.2) is 0 Å². The number of hydrogen-bond donors (Lipinski definition) is 1. The maximum Gasteiger partial charge on any atom is 0.258 e. The fourth-order valence-electron chi connectivity index (χ4n) is 3.31. The van der Waals surface area contributed by atoms with E-state index >= 15 is 0 Å². The number of nitrogens with zero attached hydrogens (tertiary/aromatic N) is 1. The molecule has 6 nitrogen and oxygen atoms in total. The van der Waals surface area contributed by atoms with Crippen LogP contribution < -0.4 is 10.1 Å². The highest BCUT2D eigenvalue weighted by molar-refractivity contribution is 5.77. The lowest BCUT2D eigenvalue weighted by atomic mass is 10.0. The molecule has 1 aliphatic rings. The van der Waals surface area contributed by atoms with Gasteiger partial charge in [0.2, 0.25) is 0 Å². The molecule has 1 N–H and O–H groups in total. The Morgan fingerprint density at radius 2 is 2.00 bits per heavy atom. The number of furan rings is 1. The van der Waals surface area contributed by atoms with Crippen LogP contribution in [0.4, 0.5) is 0 Å². The lowest BCUT2D eigenvalue weighted by molar-refractivity contribution is -0.123. The first-order chi connectivity index (χ1) is 13.5. The molecular weight excluding hydrogens is 356 g/mol. The number of rotatable bonds is 8. The number of benzene rings is 1. The third-order valence-electron chi connectivity index (χ3n) is 4.96. The van der Waals surface area contributed by atoms with Gasteiger partial charge in [-0.2, -0.15) is 0 Å². The maximum atomic E-state index is 12.3. The number of amides is 1. The summed E-state index contributed by atoms with van der Waals surface area (Å²) in [6.07, 6.45) is 0. The summed E-state index contributed by atoms with van der Waals surface area (Å²) in [6, 6.07) is 11.8. The van der Waals surface area contributed by atoms with E-state index in [1.807, 2.05) is 37.3 Å². The van der Waals surface area contributed by atoms with Crippen molar-refractivity contribution in [1.82, 2.24) is 10.2 Å². The summed E-state index contributed by atoms with van der Waals surface area (Å²) >= 11 is 0. The quantitative estimate of drug-likeness (QED) is 0.754. The molecule has 1 aliphatic heterocycles. The van der Waals surface area contributed by atoms with E-state index in [1.165, 1.54) is 5.56 Å². The van der Waals surface area contributed by atoms with Gasteiger partial charge in [0.25, 0.3) is 5.91 Å². The average Bonchev–Trinajstić information content (AvgIpc) is 3.13. The summed E-state index contributed by atoms with van der Waals surface area (Å²) < 4.78 is 17.0. The Hall–Kier alpha value is -2.31. The van der Waals surface area contributed by atoms with Crippen LogP contribution in [-0.2, 0) is 9.53 Å². The predicted molar refractivity (Wildman–Crippen MR) is 108 cm³/mol. The van der Waals surface area contributed by atoms with Gasteiger partial charge in [-0.15, -0.1) is 0 Å². The zero-order valence-corrected chi connectivity index (χ0v) is 16.9. The molecule has 2 heterocycles. The van der Waals surface area contributed by atoms with E-state index in [9.17, 15) is 4.79 Å². The van der Waals surface area contributed by atoms with Crippen molar-refractivity contribution in [2.24, 2.45) is 0 Å². The van der Waals surface area contributed by atoms with E-state index in [-0.39, 0.29) is 18.6 Å². The smallest absolute Gasteiger partial charge is 0.258 e. The fourth-order valence-corrected chi connectivity index (χ4v) is 3.31. The Balaban J connectivity index is 1.55. The SMILES string of the molecule is Cc1ccc(C(CNC(=O)COc2cccc(C(C)C)c2)N2CCOCC2)o1. The number of carbonyl (C=O) groups is 1. The van der Waals surface area contributed by atoms with Gasteiger partial charge in [0.15, 0.2) is 6.61 Å². The first-order valence-electron chi connectivity index (χ1n) is 9.90. The predicted octanol–water partition coefficient (Wildman–Crippen LogP) is 3.28. The van der Waals surface area contributed by atoms with Gasteiger partial charge >= 0.3 is 0 Å². The molecule has 1 amide bonds. The molecule has 152 valence electrons. The lowest BCUT2D eigenvalue weighted by Gasteiger charge is -2.33. The second kappa shape index (κ2) is 9.75. The van der Waals surface area contributed by atoms with E-state index in [1.54, 1.807) is 0 Å². The molecule has 1 atom stereocenters. The van der Waals surface area contributed by atoms with Crippen LogP contribution in [0.2, 0.25) is 0 Å². The number of morpholine rings is 1. The standard InChI is InChI=1S/C22H30N2O4/c1-16(2)18-5-4-6-19(13-18)27-15-22(25)23-14-20(21-8-7-17(3)28-21)24-9-11-26-12-10-24/h4-8,13,16,20H,9-12,14-15H2,1-3H3,(H,23,25). The first kappa shape index (κ1) is 20.4. The first-order valence-corrected chi connectivity index (χ1v) is 9.90. The molecule has 0 spiro atoms. The van der Waals surface area contributed by atoms with E-state index in [4.69, 9.17) is 13.9 Å². The van der Waals surface area contributed by atoms with Crippen LogP contribution in [0.15, 0.2) is 40.8 Å². The summed E-state index contributed by atoms with van der Waals surface area (Å²) in [4.78, 5) is 14.6. The Kier molecular flexibility index (Phi) is 7.12. The van der Waals surface area contributed by atoms with E-state index in [0.717, 1.165) is 24.6 Å². The number of hydrogen-bond acceptors (Lipinski definition) is 5. The topological polar surface area (TPSA) is 63.9 Å². The highest BCUT2D eigenvalue weighted by Crippen LogP contribution is 2.23. The fraction of sp³-hybridized carbons (Fsp3) is 0.500. The highest BCUT2D eigenvalue weighted by atomic mass is 16.5. The maximum absolute atomic E-state index is 12.3. The second-order valence-electron chi connectivity index (χ2n) is 7.43. The van der Waals surface area contributed by atoms with Gasteiger partial charge in [-0.05, 0) is 42.7 Å². The third-order valence-corrected chi connectivity index (χ3v) is 4.96. The van der Waals surface area contributed by atoms with Crippen LogP contribution in [0.3, 0.4) is 0 Å². The molecule has 1 aromatic heterocycles. The van der Waals surface area contributed by atoms with Crippen molar-refractivity contribution < 1.29 is 18.7 Å². The zero-order chi connectivity index (χ0) is 19.9. The minimum Gasteiger partial charge on any atom is -0.484 e. The van der Waals surface area contributed by atoms with Crippen LogP contribution >= 0.6 is 0 Å². The normalized spacial score (nSPS) is 16.1. The van der Waals surface area contributed by atoms with Gasteiger partial charge < -0.3 is 19.2 Å².